The SMILES string of the molecule is Cc1c(-c2ccc(S(C)(=O)=O)cc2)cn[nH]c1=O. The number of rotatable bonds is 2. The molecule has 1 N–H and O–H groups in total. The predicted octanol–water partition coefficient (Wildman–Crippen LogP) is 1.15. The number of aromatic amines is 1. The highest BCUT2D eigenvalue weighted by molar-refractivity contribution is 7.90. The number of sulfone groups is 1. The summed E-state index contributed by atoms with van der Waals surface area (Å²) in [6.07, 6.45) is 2.70. The van der Waals surface area contributed by atoms with Crippen LogP contribution in [0.15, 0.2) is 40.2 Å². The van der Waals surface area contributed by atoms with Crippen LogP contribution in [0.25, 0.3) is 11.1 Å². The molecule has 2 aromatic rings. The van der Waals surface area contributed by atoms with Gasteiger partial charge >= 0.3 is 0 Å². The summed E-state index contributed by atoms with van der Waals surface area (Å²) in [5, 5.41) is 6.08. The van der Waals surface area contributed by atoms with Crippen LogP contribution in [-0.4, -0.2) is 24.9 Å². The van der Waals surface area contributed by atoms with Gasteiger partial charge in [-0.05, 0) is 24.6 Å². The molecule has 94 valence electrons. The van der Waals surface area contributed by atoms with E-state index in [4.69, 9.17) is 0 Å². The molecule has 1 heterocycles. The maximum atomic E-state index is 11.4. The largest absolute Gasteiger partial charge is 0.268 e. The summed E-state index contributed by atoms with van der Waals surface area (Å²) in [5.74, 6) is 0. The topological polar surface area (TPSA) is 79.9 Å². The Morgan fingerprint density at radius 2 is 1.78 bits per heavy atom. The molecule has 0 atom stereocenters. The van der Waals surface area contributed by atoms with Crippen molar-refractivity contribution >= 4 is 9.84 Å². The van der Waals surface area contributed by atoms with Gasteiger partial charge in [0.15, 0.2) is 9.84 Å². The molecule has 0 fully saturated rings. The molecule has 0 aliphatic heterocycles. The lowest BCUT2D eigenvalue weighted by Crippen LogP contribution is -2.11. The second-order valence-corrected chi connectivity index (χ2v) is 6.05. The number of hydrogen-bond donors (Lipinski definition) is 1. The van der Waals surface area contributed by atoms with Gasteiger partial charge in [0, 0.05) is 17.4 Å². The van der Waals surface area contributed by atoms with E-state index >= 15 is 0 Å². The zero-order valence-corrected chi connectivity index (χ0v) is 10.8. The third-order valence-electron chi connectivity index (χ3n) is 2.70. The van der Waals surface area contributed by atoms with Crippen LogP contribution in [0, 0.1) is 6.92 Å². The molecule has 5 nitrogen and oxygen atoms in total. The molecule has 18 heavy (non-hydrogen) atoms. The molecule has 1 aromatic heterocycles. The van der Waals surface area contributed by atoms with Crippen molar-refractivity contribution < 1.29 is 8.42 Å². The minimum Gasteiger partial charge on any atom is -0.268 e. The number of nitrogens with one attached hydrogen (secondary N) is 1. The van der Waals surface area contributed by atoms with Crippen LogP contribution >= 0.6 is 0 Å². The molecular weight excluding hydrogens is 252 g/mol. The lowest BCUT2D eigenvalue weighted by molar-refractivity contribution is 0.602. The van der Waals surface area contributed by atoms with E-state index in [1.54, 1.807) is 25.3 Å². The van der Waals surface area contributed by atoms with E-state index in [0.29, 0.717) is 11.1 Å². The van der Waals surface area contributed by atoms with Crippen molar-refractivity contribution in [1.82, 2.24) is 10.2 Å². The number of nitrogens with zero attached hydrogens (tertiary/aromatic N) is 1. The van der Waals surface area contributed by atoms with E-state index in [0.717, 1.165) is 11.8 Å². The minimum absolute atomic E-state index is 0.250. The lowest BCUT2D eigenvalue weighted by atomic mass is 10.0. The van der Waals surface area contributed by atoms with Crippen LogP contribution in [0.3, 0.4) is 0 Å². The molecular formula is C12H12N2O3S. The Hall–Kier alpha value is -1.95. The fraction of sp³-hybridized carbons (Fsp3) is 0.167. The van der Waals surface area contributed by atoms with Crippen LogP contribution in [0.2, 0.25) is 0 Å². The Kier molecular flexibility index (Phi) is 3.04. The molecule has 0 bridgehead atoms. The summed E-state index contributed by atoms with van der Waals surface area (Å²) >= 11 is 0. The Labute approximate surface area is 104 Å². The van der Waals surface area contributed by atoms with Gasteiger partial charge in [-0.1, -0.05) is 12.1 Å². The fourth-order valence-electron chi connectivity index (χ4n) is 1.63. The second-order valence-electron chi connectivity index (χ2n) is 4.03. The Bertz CT molecular complexity index is 731. The molecule has 0 unspecified atom stereocenters. The van der Waals surface area contributed by atoms with Crippen LogP contribution in [0.5, 0.6) is 0 Å². The number of aromatic nitrogens is 2. The van der Waals surface area contributed by atoms with E-state index in [1.807, 2.05) is 0 Å². The van der Waals surface area contributed by atoms with Gasteiger partial charge in [0.25, 0.3) is 5.56 Å². The van der Waals surface area contributed by atoms with Gasteiger partial charge in [-0.2, -0.15) is 5.10 Å². The molecule has 0 radical (unpaired) electrons. The summed E-state index contributed by atoms with van der Waals surface area (Å²) in [7, 11) is -3.20. The fourth-order valence-corrected chi connectivity index (χ4v) is 2.26. The molecule has 2 rings (SSSR count). The van der Waals surface area contributed by atoms with Crippen molar-refractivity contribution in [1.29, 1.82) is 0 Å². The molecule has 6 heteroatoms. The molecule has 0 aliphatic carbocycles. The van der Waals surface area contributed by atoms with E-state index in [-0.39, 0.29) is 10.5 Å². The highest BCUT2D eigenvalue weighted by Gasteiger charge is 2.09. The summed E-state index contributed by atoms with van der Waals surface area (Å²) in [6.45, 7) is 1.69. The first-order valence-corrected chi connectivity index (χ1v) is 7.13. The Balaban J connectivity index is 2.54. The van der Waals surface area contributed by atoms with E-state index in [1.165, 1.54) is 12.1 Å². The molecule has 0 amide bonds. The van der Waals surface area contributed by atoms with Gasteiger partial charge in [-0.15, -0.1) is 0 Å². The highest BCUT2D eigenvalue weighted by Crippen LogP contribution is 2.21. The second kappa shape index (κ2) is 4.38. The van der Waals surface area contributed by atoms with Crippen molar-refractivity contribution in [2.24, 2.45) is 0 Å². The third-order valence-corrected chi connectivity index (χ3v) is 3.83. The Morgan fingerprint density at radius 3 is 2.33 bits per heavy atom. The summed E-state index contributed by atoms with van der Waals surface area (Å²) in [5.41, 5.74) is 1.76. The van der Waals surface area contributed by atoms with Crippen LogP contribution in [-0.2, 0) is 9.84 Å². The zero-order valence-electron chi connectivity index (χ0n) is 9.97. The summed E-state index contributed by atoms with van der Waals surface area (Å²) in [4.78, 5) is 11.7. The van der Waals surface area contributed by atoms with Crippen LogP contribution in [0.1, 0.15) is 5.56 Å². The summed E-state index contributed by atoms with van der Waals surface area (Å²) < 4.78 is 22.7. The van der Waals surface area contributed by atoms with E-state index in [2.05, 4.69) is 10.2 Å². The van der Waals surface area contributed by atoms with E-state index < -0.39 is 9.84 Å². The van der Waals surface area contributed by atoms with Gasteiger partial charge in [-0.3, -0.25) is 4.79 Å². The minimum atomic E-state index is -3.20. The summed E-state index contributed by atoms with van der Waals surface area (Å²) in [6, 6.07) is 6.37. The Morgan fingerprint density at radius 1 is 1.17 bits per heavy atom. The van der Waals surface area contributed by atoms with Crippen LogP contribution in [0.4, 0.5) is 0 Å². The maximum Gasteiger partial charge on any atom is 0.267 e. The molecule has 0 saturated carbocycles. The van der Waals surface area contributed by atoms with Gasteiger partial charge in [0.1, 0.15) is 0 Å². The number of H-pyrrole nitrogens is 1. The van der Waals surface area contributed by atoms with Gasteiger partial charge in [-0.25, -0.2) is 13.5 Å². The van der Waals surface area contributed by atoms with Gasteiger partial charge in [0.05, 0.1) is 11.1 Å². The quantitative estimate of drug-likeness (QED) is 0.882. The molecule has 0 aliphatic rings. The first kappa shape index (κ1) is 12.5. The normalized spacial score (nSPS) is 11.4. The van der Waals surface area contributed by atoms with Crippen molar-refractivity contribution in [2.75, 3.05) is 6.26 Å². The number of benzene rings is 1. The standard InChI is InChI=1S/C12H12N2O3S/c1-8-11(7-13-14-12(8)15)9-3-5-10(6-4-9)18(2,16)17/h3-7H,1-2H3,(H,14,15). The third kappa shape index (κ3) is 2.33. The van der Waals surface area contributed by atoms with Gasteiger partial charge in [0.2, 0.25) is 0 Å². The first-order valence-electron chi connectivity index (χ1n) is 5.24. The molecule has 0 spiro atoms. The average molecular weight is 264 g/mol. The first-order chi connectivity index (χ1) is 8.39. The van der Waals surface area contributed by atoms with Gasteiger partial charge < -0.3 is 0 Å². The average Bonchev–Trinajstić information content (AvgIpc) is 2.32. The van der Waals surface area contributed by atoms with Crippen molar-refractivity contribution in [3.05, 3.63) is 46.4 Å². The highest BCUT2D eigenvalue weighted by atomic mass is 32.2. The van der Waals surface area contributed by atoms with Crippen molar-refractivity contribution in [2.45, 2.75) is 11.8 Å². The maximum absolute atomic E-state index is 11.4. The lowest BCUT2D eigenvalue weighted by Gasteiger charge is -2.05. The van der Waals surface area contributed by atoms with Crippen molar-refractivity contribution in [3.8, 4) is 11.1 Å². The smallest absolute Gasteiger partial charge is 0.267 e. The molecule has 0 saturated heterocycles. The zero-order chi connectivity index (χ0) is 13.3. The predicted molar refractivity (Wildman–Crippen MR) is 68.1 cm³/mol. The number of hydrogen-bond acceptors (Lipinski definition) is 4. The monoisotopic (exact) mass is 264 g/mol. The van der Waals surface area contributed by atoms with Crippen LogP contribution < -0.4 is 5.56 Å². The van der Waals surface area contributed by atoms with E-state index in [9.17, 15) is 13.2 Å². The molecule has 1 aromatic carbocycles. The van der Waals surface area contributed by atoms with Crippen molar-refractivity contribution in [3.63, 3.8) is 0 Å².